The highest BCUT2D eigenvalue weighted by Gasteiger charge is 3.00. The molecule has 0 aromatic rings. The lowest BCUT2D eigenvalue weighted by Gasteiger charge is -2.78. The van der Waals surface area contributed by atoms with Crippen LogP contribution in [0.5, 0.6) is 0 Å². The minimum absolute atomic E-state index is 0.114. The molecule has 0 aromatic heterocycles. The number of hydrogen-bond acceptors (Lipinski definition) is 37. The monoisotopic (exact) mass is 1120 g/mol. The molecule has 450 valence electrons. The fourth-order valence-electron chi connectivity index (χ4n) is 10.1. The van der Waals surface area contributed by atoms with Gasteiger partial charge in [-0.2, -0.15) is 0 Å². The molecular formula is C38H76O37. The summed E-state index contributed by atoms with van der Waals surface area (Å²) in [6.07, 6.45) is 0. The zero-order valence-corrected chi connectivity index (χ0v) is 40.5. The molecule has 0 heterocycles. The van der Waals surface area contributed by atoms with E-state index in [4.69, 9.17) is 52.1 Å². The van der Waals surface area contributed by atoms with E-state index in [0.29, 0.717) is 0 Å². The zero-order chi connectivity index (χ0) is 58.3. The van der Waals surface area contributed by atoms with E-state index in [9.17, 15) is 128 Å². The molecular weight excluding hydrogens is 1050 g/mol. The minimum atomic E-state index is -5.88. The number of aliphatic hydroxyl groups excluding tert-OH is 24. The molecule has 0 saturated carbocycles. The van der Waals surface area contributed by atoms with Crippen molar-refractivity contribution in [1.82, 2.24) is 0 Å². The SMILES string of the molecule is COC(=O)C(C(OCO)(C(O)(CO)CO)C(CO)(CO)OCO)(C(OC(CO)(CO)OCO)(C(CO)(CO)OCO)C(CO)(CO)OCO)C(OC(CO)(CO)OCO)(C(CO)(CO)OCO)C(CO)(CO)OCO. The molecule has 1 atom stereocenters. The molecule has 75 heavy (non-hydrogen) atoms. The number of carbonyl (C=O) groups excluding carboxylic acids is 1. The summed E-state index contributed by atoms with van der Waals surface area (Å²) in [5, 5.41) is 288. The van der Waals surface area contributed by atoms with E-state index in [-0.39, 0.29) is 7.11 Å². The Bertz CT molecular complexity index is 1440. The molecule has 0 fully saturated rings. The number of ether oxygens (including phenoxy) is 11. The predicted molar refractivity (Wildman–Crippen MR) is 228 cm³/mol. The van der Waals surface area contributed by atoms with Gasteiger partial charge in [-0.3, -0.25) is 4.79 Å². The van der Waals surface area contributed by atoms with Gasteiger partial charge >= 0.3 is 5.97 Å². The highest BCUT2D eigenvalue weighted by atomic mass is 16.8. The first-order chi connectivity index (χ1) is 35.6. The Morgan fingerprint density at radius 2 is 0.507 bits per heavy atom. The number of rotatable bonds is 46. The third-order valence-corrected chi connectivity index (χ3v) is 13.3. The Morgan fingerprint density at radius 1 is 0.293 bits per heavy atom. The molecule has 0 amide bonds. The first-order valence-electron chi connectivity index (χ1n) is 21.5. The normalized spacial score (nSPS) is 15.2. The predicted octanol–water partition coefficient (Wildman–Crippen LogP) is -16.2. The first kappa shape index (κ1) is 73.1. The average molecular weight is 1120 g/mol. The molecule has 37 heteroatoms. The fraction of sp³-hybridized carbons (Fsp3) is 0.974. The number of carbonyl (C=O) groups is 1. The largest absolute Gasteiger partial charge is 0.468 e. The summed E-state index contributed by atoms with van der Waals surface area (Å²) in [4.78, 5) is 17.1. The van der Waals surface area contributed by atoms with Crippen molar-refractivity contribution >= 4 is 5.97 Å². The van der Waals surface area contributed by atoms with Crippen molar-refractivity contribution in [1.29, 1.82) is 0 Å². The maximum Gasteiger partial charge on any atom is 0.321 e. The molecule has 1 unspecified atom stereocenters. The second-order valence-electron chi connectivity index (χ2n) is 16.0. The van der Waals surface area contributed by atoms with Crippen LogP contribution in [0.25, 0.3) is 0 Å². The van der Waals surface area contributed by atoms with Gasteiger partial charge in [-0.05, 0) is 0 Å². The first-order valence-corrected chi connectivity index (χ1v) is 21.5. The molecule has 0 aromatic carbocycles. The summed E-state index contributed by atoms with van der Waals surface area (Å²) in [7, 11) is 0.114. The number of methoxy groups -OCH3 is 1. The van der Waals surface area contributed by atoms with Crippen LogP contribution in [0, 0.1) is 5.41 Å². The van der Waals surface area contributed by atoms with Crippen molar-refractivity contribution < 1.29 is 185 Å². The van der Waals surface area contributed by atoms with Crippen molar-refractivity contribution in [2.24, 2.45) is 5.41 Å². The van der Waals surface area contributed by atoms with E-state index < -0.39 is 233 Å². The fourth-order valence-corrected chi connectivity index (χ4v) is 10.1. The molecule has 0 saturated heterocycles. The van der Waals surface area contributed by atoms with Crippen LogP contribution >= 0.6 is 0 Å². The molecule has 25 N–H and O–H groups in total. The van der Waals surface area contributed by atoms with Gasteiger partial charge in [-0.25, -0.2) is 0 Å². The lowest BCUT2D eigenvalue weighted by Crippen LogP contribution is -3.02. The Labute approximate surface area is 425 Å². The minimum Gasteiger partial charge on any atom is -0.468 e. The quantitative estimate of drug-likeness (QED) is 0.0199. The van der Waals surface area contributed by atoms with Gasteiger partial charge in [0.05, 0.1) is 113 Å². The maximum absolute atomic E-state index is 17.1. The van der Waals surface area contributed by atoms with Crippen LogP contribution in [0.3, 0.4) is 0 Å². The standard InChI is InChI=1S/C38H76O37/c1-65-26(63)35(36(73-25-62,27(64,2-39)3-40)28(4-41,5-42)66-18-55,37(29(6-43,7-44)67-19-56,30(8-45,9-46)68-20-57)74-33(14-51,15-52)71-23-60)38(31(10-47,11-48)69-21-58,32(12-49,13-50)70-22-59)75-34(16-53,17-54)72-24-61/h39-62,64H,2-25H2,1H3. The molecule has 0 aliphatic rings. The smallest absolute Gasteiger partial charge is 0.321 e. The van der Waals surface area contributed by atoms with Crippen LogP contribution in [0.1, 0.15) is 0 Å². The number of aliphatic hydroxyl groups is 25. The van der Waals surface area contributed by atoms with E-state index >= 15 is 4.79 Å². The van der Waals surface area contributed by atoms with Crippen molar-refractivity contribution in [3.05, 3.63) is 0 Å². The highest BCUT2D eigenvalue weighted by molar-refractivity contribution is 5.86. The lowest BCUT2D eigenvalue weighted by atomic mass is 9.35. The van der Waals surface area contributed by atoms with E-state index in [2.05, 4.69) is 0 Å². The highest BCUT2D eigenvalue weighted by Crippen LogP contribution is 2.74. The van der Waals surface area contributed by atoms with Crippen LogP contribution < -0.4 is 0 Å². The van der Waals surface area contributed by atoms with Gasteiger partial charge in [-0.15, -0.1) is 0 Å². The summed E-state index contributed by atoms with van der Waals surface area (Å²) in [6, 6.07) is 0. The van der Waals surface area contributed by atoms with Gasteiger partial charge < -0.3 is 180 Å². The molecule has 37 nitrogen and oxygen atoms in total. The van der Waals surface area contributed by atoms with Crippen molar-refractivity contribution in [2.45, 2.75) is 62.0 Å². The second-order valence-corrected chi connectivity index (χ2v) is 16.0. The maximum atomic E-state index is 17.1. The molecule has 0 aliphatic heterocycles. The topological polar surface area (TPSA) is 624 Å². The lowest BCUT2D eigenvalue weighted by molar-refractivity contribution is -0.525. The Balaban J connectivity index is 13.8. The molecule has 0 radical (unpaired) electrons. The molecule has 0 spiro atoms. The van der Waals surface area contributed by atoms with Crippen molar-refractivity contribution in [3.8, 4) is 0 Å². The summed E-state index contributed by atoms with van der Waals surface area (Å²) in [5.74, 6) is -11.2. The van der Waals surface area contributed by atoms with E-state index in [1.54, 1.807) is 0 Å². The third kappa shape index (κ3) is 11.0. The molecule has 0 aliphatic carbocycles. The summed E-state index contributed by atoms with van der Waals surface area (Å²) >= 11 is 0. The van der Waals surface area contributed by atoms with Gasteiger partial charge in [0.2, 0.25) is 11.6 Å². The van der Waals surface area contributed by atoms with Gasteiger partial charge in [0.1, 0.15) is 59.9 Å². The van der Waals surface area contributed by atoms with Crippen molar-refractivity contribution in [3.63, 3.8) is 0 Å². The van der Waals surface area contributed by atoms with E-state index in [1.165, 1.54) is 0 Å². The summed E-state index contributed by atoms with van der Waals surface area (Å²) in [5.41, 5.74) is -49.6. The van der Waals surface area contributed by atoms with Crippen LogP contribution in [0.2, 0.25) is 0 Å². The van der Waals surface area contributed by atoms with Crippen LogP contribution in [0.15, 0.2) is 0 Å². The van der Waals surface area contributed by atoms with Crippen LogP contribution in [-0.4, -0.2) is 363 Å². The zero-order valence-electron chi connectivity index (χ0n) is 40.5. The van der Waals surface area contributed by atoms with E-state index in [1.807, 2.05) is 0 Å². The molecule has 0 bridgehead atoms. The van der Waals surface area contributed by atoms with Gasteiger partial charge in [0.15, 0.2) is 50.2 Å². The van der Waals surface area contributed by atoms with Crippen molar-refractivity contribution in [2.75, 3.05) is 167 Å². The Kier molecular flexibility index (Phi) is 30.4. The van der Waals surface area contributed by atoms with Crippen LogP contribution in [-0.2, 0) is 56.9 Å². The van der Waals surface area contributed by atoms with E-state index in [0.717, 1.165) is 0 Å². The van der Waals surface area contributed by atoms with Gasteiger partial charge in [0, 0.05) is 0 Å². The average Bonchev–Trinajstić information content (AvgIpc) is 3.44. The number of hydrogen-bond donors (Lipinski definition) is 25. The second kappa shape index (κ2) is 31.2. The van der Waals surface area contributed by atoms with Gasteiger partial charge in [-0.1, -0.05) is 0 Å². The number of esters is 1. The summed E-state index contributed by atoms with van der Waals surface area (Å²) in [6.45, 7) is -56.4. The Hall–Kier alpha value is -1.93. The Morgan fingerprint density at radius 3 is 0.667 bits per heavy atom. The summed E-state index contributed by atoms with van der Waals surface area (Å²) < 4.78 is 61.7. The molecule has 0 rings (SSSR count). The van der Waals surface area contributed by atoms with Gasteiger partial charge in [0.25, 0.3) is 0 Å². The van der Waals surface area contributed by atoms with Crippen LogP contribution in [0.4, 0.5) is 0 Å². The third-order valence-electron chi connectivity index (χ3n) is 13.3.